The van der Waals surface area contributed by atoms with Crippen LogP contribution in [0.3, 0.4) is 0 Å². The number of amides is 1. The number of oxime groups is 1. The fourth-order valence-corrected chi connectivity index (χ4v) is 3.64. The second-order valence-corrected chi connectivity index (χ2v) is 6.50. The molecule has 6 heteroatoms. The smallest absolute Gasteiger partial charge is 0.228 e. The monoisotopic (exact) mass is 295 g/mol. The summed E-state index contributed by atoms with van der Waals surface area (Å²) in [6.07, 6.45) is 2.95. The minimum atomic E-state index is -0.434. The summed E-state index contributed by atoms with van der Waals surface area (Å²) in [7, 11) is 0. The molecule has 4 N–H and O–H groups in total. The topological polar surface area (TPSA) is 87.7 Å². The molecule has 2 rings (SSSR count). The van der Waals surface area contributed by atoms with Crippen LogP contribution in [0.2, 0.25) is 0 Å². The zero-order valence-corrected chi connectivity index (χ0v) is 12.6. The van der Waals surface area contributed by atoms with Crippen LogP contribution in [0.5, 0.6) is 0 Å². The van der Waals surface area contributed by atoms with E-state index in [2.05, 4.69) is 10.5 Å². The molecule has 110 valence electrons. The van der Waals surface area contributed by atoms with E-state index in [0.29, 0.717) is 0 Å². The number of nitrogens with one attached hydrogen (secondary N) is 1. The molecule has 0 aliphatic heterocycles. The zero-order valence-electron chi connectivity index (χ0n) is 11.8. The van der Waals surface area contributed by atoms with Gasteiger partial charge >= 0.3 is 0 Å². The van der Waals surface area contributed by atoms with Crippen LogP contribution in [0, 0.1) is 5.92 Å². The highest BCUT2D eigenvalue weighted by Gasteiger charge is 2.30. The van der Waals surface area contributed by atoms with E-state index in [4.69, 9.17) is 10.9 Å². The number of rotatable bonds is 4. The third-order valence-electron chi connectivity index (χ3n) is 3.77. The first kappa shape index (κ1) is 14.8. The molecule has 0 spiro atoms. The average Bonchev–Trinajstić information content (AvgIpc) is 2.91. The molecule has 0 saturated heterocycles. The minimum absolute atomic E-state index is 0.0327. The van der Waals surface area contributed by atoms with Crippen LogP contribution < -0.4 is 11.1 Å². The predicted octanol–water partition coefficient (Wildman–Crippen LogP) is 2.06. The van der Waals surface area contributed by atoms with Crippen LogP contribution >= 0.6 is 11.3 Å². The lowest BCUT2D eigenvalue weighted by Gasteiger charge is -2.26. The molecule has 1 heterocycles. The van der Waals surface area contributed by atoms with Crippen LogP contribution in [-0.2, 0) is 11.2 Å². The fourth-order valence-electron chi connectivity index (χ4n) is 2.66. The number of nitrogens with zero attached hydrogens (tertiary/aromatic N) is 1. The number of fused-ring (bicyclic) bond motifs is 1. The second kappa shape index (κ2) is 6.26. The van der Waals surface area contributed by atoms with Crippen molar-refractivity contribution in [2.75, 3.05) is 0 Å². The van der Waals surface area contributed by atoms with E-state index in [1.54, 1.807) is 11.3 Å². The fraction of sp³-hybridized carbons (Fsp3) is 0.571. The van der Waals surface area contributed by atoms with Gasteiger partial charge in [-0.2, -0.15) is 0 Å². The zero-order chi connectivity index (χ0) is 14.7. The highest BCUT2D eigenvalue weighted by Crippen LogP contribution is 2.35. The SMILES string of the molecule is CC(C)C(NC(=O)C1CCCc2sccc21)/C(N)=N/O. The molecule has 0 aromatic carbocycles. The summed E-state index contributed by atoms with van der Waals surface area (Å²) in [6.45, 7) is 3.86. The van der Waals surface area contributed by atoms with E-state index in [9.17, 15) is 4.79 Å². The first-order chi connectivity index (χ1) is 9.54. The van der Waals surface area contributed by atoms with Crippen molar-refractivity contribution in [2.45, 2.75) is 45.1 Å². The summed E-state index contributed by atoms with van der Waals surface area (Å²) in [6, 6.07) is 1.61. The summed E-state index contributed by atoms with van der Waals surface area (Å²) >= 11 is 1.71. The Morgan fingerprint density at radius 1 is 1.60 bits per heavy atom. The van der Waals surface area contributed by atoms with E-state index < -0.39 is 6.04 Å². The Bertz CT molecular complexity index is 510. The molecule has 0 fully saturated rings. The Kier molecular flexibility index (Phi) is 4.65. The van der Waals surface area contributed by atoms with Crippen LogP contribution in [0.1, 0.15) is 43.0 Å². The van der Waals surface area contributed by atoms with E-state index in [1.807, 2.05) is 25.3 Å². The first-order valence-electron chi connectivity index (χ1n) is 6.88. The van der Waals surface area contributed by atoms with Gasteiger partial charge in [0.25, 0.3) is 0 Å². The molecule has 2 atom stereocenters. The van der Waals surface area contributed by atoms with Crippen LogP contribution in [0.25, 0.3) is 0 Å². The molecule has 0 bridgehead atoms. The average molecular weight is 295 g/mol. The Hall–Kier alpha value is -1.56. The molecule has 1 aromatic heterocycles. The van der Waals surface area contributed by atoms with Gasteiger partial charge < -0.3 is 16.3 Å². The Morgan fingerprint density at radius 2 is 2.35 bits per heavy atom. The number of nitrogens with two attached hydrogens (primary N) is 1. The normalized spacial score (nSPS) is 20.6. The van der Waals surface area contributed by atoms with Crippen molar-refractivity contribution in [3.05, 3.63) is 21.9 Å². The van der Waals surface area contributed by atoms with E-state index >= 15 is 0 Å². The molecule has 5 nitrogen and oxygen atoms in total. The maximum absolute atomic E-state index is 12.5. The van der Waals surface area contributed by atoms with Gasteiger partial charge in [0.1, 0.15) is 0 Å². The third kappa shape index (κ3) is 2.95. The molecule has 1 aliphatic carbocycles. The summed E-state index contributed by atoms with van der Waals surface area (Å²) in [5, 5.41) is 16.8. The standard InChI is InChI=1S/C14H21N3O2S/c1-8(2)12(13(15)17-19)16-14(18)10-4-3-5-11-9(10)6-7-20-11/h6-8,10,12,19H,3-5H2,1-2H3,(H2,15,17)(H,16,18). The quantitative estimate of drug-likeness (QED) is 0.344. The van der Waals surface area contributed by atoms with Gasteiger partial charge in [-0.3, -0.25) is 4.79 Å². The predicted molar refractivity (Wildman–Crippen MR) is 80.2 cm³/mol. The maximum atomic E-state index is 12.5. The van der Waals surface area contributed by atoms with Crippen molar-refractivity contribution >= 4 is 23.1 Å². The van der Waals surface area contributed by atoms with E-state index in [0.717, 1.165) is 24.8 Å². The lowest BCUT2D eigenvalue weighted by atomic mass is 9.86. The van der Waals surface area contributed by atoms with Crippen molar-refractivity contribution in [1.82, 2.24) is 5.32 Å². The number of carbonyl (C=O) groups excluding carboxylic acids is 1. The van der Waals surface area contributed by atoms with Gasteiger partial charge in [-0.25, -0.2) is 0 Å². The largest absolute Gasteiger partial charge is 0.409 e. The third-order valence-corrected chi connectivity index (χ3v) is 4.76. The first-order valence-corrected chi connectivity index (χ1v) is 7.76. The summed E-state index contributed by atoms with van der Waals surface area (Å²) in [4.78, 5) is 13.8. The molecule has 0 radical (unpaired) electrons. The van der Waals surface area contributed by atoms with Gasteiger partial charge in [0.2, 0.25) is 5.91 Å². The second-order valence-electron chi connectivity index (χ2n) is 5.50. The van der Waals surface area contributed by atoms with Crippen molar-refractivity contribution < 1.29 is 10.0 Å². The summed E-state index contributed by atoms with van der Waals surface area (Å²) in [5.41, 5.74) is 6.80. The highest BCUT2D eigenvalue weighted by atomic mass is 32.1. The lowest BCUT2D eigenvalue weighted by Crippen LogP contribution is -2.49. The Morgan fingerprint density at radius 3 is 3.00 bits per heavy atom. The number of hydrogen-bond donors (Lipinski definition) is 3. The van der Waals surface area contributed by atoms with Gasteiger partial charge in [0, 0.05) is 4.88 Å². The molecule has 2 unspecified atom stereocenters. The van der Waals surface area contributed by atoms with Crippen LogP contribution in [0.4, 0.5) is 0 Å². The highest BCUT2D eigenvalue weighted by molar-refractivity contribution is 7.10. The van der Waals surface area contributed by atoms with E-state index in [1.165, 1.54) is 4.88 Å². The van der Waals surface area contributed by atoms with E-state index in [-0.39, 0.29) is 23.6 Å². The van der Waals surface area contributed by atoms with Crippen molar-refractivity contribution in [1.29, 1.82) is 0 Å². The molecule has 0 saturated carbocycles. The minimum Gasteiger partial charge on any atom is -0.409 e. The summed E-state index contributed by atoms with van der Waals surface area (Å²) in [5.74, 6) is -0.0255. The molecule has 1 aliphatic rings. The number of thiophene rings is 1. The number of hydrogen-bond acceptors (Lipinski definition) is 4. The Labute approximate surface area is 122 Å². The molecular weight excluding hydrogens is 274 g/mol. The van der Waals surface area contributed by atoms with Crippen molar-refractivity contribution in [3.63, 3.8) is 0 Å². The van der Waals surface area contributed by atoms with Gasteiger partial charge in [0.15, 0.2) is 5.84 Å². The van der Waals surface area contributed by atoms with Crippen molar-refractivity contribution in [3.8, 4) is 0 Å². The summed E-state index contributed by atoms with van der Waals surface area (Å²) < 4.78 is 0. The van der Waals surface area contributed by atoms with Gasteiger partial charge in [-0.05, 0) is 42.2 Å². The Balaban J connectivity index is 2.13. The van der Waals surface area contributed by atoms with Crippen molar-refractivity contribution in [2.24, 2.45) is 16.8 Å². The molecule has 1 aromatic rings. The van der Waals surface area contributed by atoms with Crippen LogP contribution in [-0.4, -0.2) is 23.0 Å². The number of aryl methyl sites for hydroxylation is 1. The maximum Gasteiger partial charge on any atom is 0.228 e. The molecule has 20 heavy (non-hydrogen) atoms. The number of carbonyl (C=O) groups is 1. The molecular formula is C14H21N3O2S. The van der Waals surface area contributed by atoms with Crippen LogP contribution in [0.15, 0.2) is 16.6 Å². The number of amidine groups is 1. The lowest BCUT2D eigenvalue weighted by molar-refractivity contribution is -0.123. The van der Waals surface area contributed by atoms with Gasteiger partial charge in [-0.1, -0.05) is 19.0 Å². The van der Waals surface area contributed by atoms with Gasteiger partial charge in [-0.15, -0.1) is 11.3 Å². The van der Waals surface area contributed by atoms with Gasteiger partial charge in [0.05, 0.1) is 12.0 Å². The molecule has 1 amide bonds.